The van der Waals surface area contributed by atoms with E-state index >= 15 is 0 Å². The van der Waals surface area contributed by atoms with Crippen LogP contribution in [0.25, 0.3) is 0 Å². The summed E-state index contributed by atoms with van der Waals surface area (Å²) in [7, 11) is 1.50. The molecule has 4 heteroatoms. The first-order chi connectivity index (χ1) is 9.76. The predicted octanol–water partition coefficient (Wildman–Crippen LogP) is 2.78. The molecule has 0 bridgehead atoms. The van der Waals surface area contributed by atoms with E-state index in [4.69, 9.17) is 9.47 Å². The van der Waals surface area contributed by atoms with E-state index in [1.807, 2.05) is 12.1 Å². The van der Waals surface area contributed by atoms with Crippen LogP contribution in [0.5, 0.6) is 5.75 Å². The van der Waals surface area contributed by atoms with Crippen LogP contribution in [0.2, 0.25) is 0 Å². The van der Waals surface area contributed by atoms with Crippen molar-refractivity contribution in [3.8, 4) is 5.75 Å². The molecule has 0 aliphatic carbocycles. The van der Waals surface area contributed by atoms with Crippen molar-refractivity contribution in [1.82, 2.24) is 5.32 Å². The minimum absolute atomic E-state index is 0.241. The maximum atomic E-state index is 14.2. The molecular formula is C16H24FNO2. The van der Waals surface area contributed by atoms with Gasteiger partial charge in [0.25, 0.3) is 0 Å². The molecule has 2 atom stereocenters. The standard InChI is InChI=1S/C16H24FNO2/c1-3-8-18-14-7-9-20-11-13(14)10-12-5-4-6-15(19-2)16(12)17/h4-6,13-14,18H,3,7-11H2,1-2H3. The zero-order chi connectivity index (χ0) is 14.4. The molecule has 2 rings (SSSR count). The van der Waals surface area contributed by atoms with Gasteiger partial charge in [-0.25, -0.2) is 4.39 Å². The summed E-state index contributed by atoms with van der Waals surface area (Å²) >= 11 is 0. The van der Waals surface area contributed by atoms with Crippen molar-refractivity contribution in [1.29, 1.82) is 0 Å². The molecule has 0 radical (unpaired) electrons. The molecule has 1 saturated heterocycles. The second-order valence-corrected chi connectivity index (χ2v) is 5.32. The van der Waals surface area contributed by atoms with Crippen molar-refractivity contribution in [2.24, 2.45) is 5.92 Å². The Morgan fingerprint density at radius 1 is 1.45 bits per heavy atom. The number of halogens is 1. The first-order valence-electron chi connectivity index (χ1n) is 7.38. The van der Waals surface area contributed by atoms with Gasteiger partial charge >= 0.3 is 0 Å². The number of benzene rings is 1. The average molecular weight is 281 g/mol. The van der Waals surface area contributed by atoms with Crippen LogP contribution >= 0.6 is 0 Å². The van der Waals surface area contributed by atoms with E-state index in [0.717, 1.165) is 26.0 Å². The van der Waals surface area contributed by atoms with Gasteiger partial charge in [-0.2, -0.15) is 0 Å². The Bertz CT molecular complexity index is 425. The number of ether oxygens (including phenoxy) is 2. The maximum Gasteiger partial charge on any atom is 0.168 e. The molecule has 1 fully saturated rings. The SMILES string of the molecule is CCCNC1CCOCC1Cc1cccc(OC)c1F. The minimum atomic E-state index is -0.241. The van der Waals surface area contributed by atoms with Crippen molar-refractivity contribution < 1.29 is 13.9 Å². The molecule has 20 heavy (non-hydrogen) atoms. The third kappa shape index (κ3) is 3.70. The molecule has 2 unspecified atom stereocenters. The number of methoxy groups -OCH3 is 1. The van der Waals surface area contributed by atoms with Crippen molar-refractivity contribution in [2.75, 3.05) is 26.9 Å². The molecule has 1 aromatic carbocycles. The van der Waals surface area contributed by atoms with Crippen molar-refractivity contribution >= 4 is 0 Å². The smallest absolute Gasteiger partial charge is 0.168 e. The molecular weight excluding hydrogens is 257 g/mol. The van der Waals surface area contributed by atoms with Crippen molar-refractivity contribution in [3.63, 3.8) is 0 Å². The van der Waals surface area contributed by atoms with E-state index in [9.17, 15) is 4.39 Å². The highest BCUT2D eigenvalue weighted by atomic mass is 19.1. The van der Waals surface area contributed by atoms with E-state index in [1.54, 1.807) is 6.07 Å². The predicted molar refractivity (Wildman–Crippen MR) is 77.7 cm³/mol. The summed E-state index contributed by atoms with van der Waals surface area (Å²) in [6.45, 7) is 4.64. The van der Waals surface area contributed by atoms with Crippen LogP contribution in [0.4, 0.5) is 4.39 Å². The first-order valence-corrected chi connectivity index (χ1v) is 7.38. The van der Waals surface area contributed by atoms with E-state index in [-0.39, 0.29) is 5.82 Å². The molecule has 1 N–H and O–H groups in total. The van der Waals surface area contributed by atoms with Crippen molar-refractivity contribution in [2.45, 2.75) is 32.2 Å². The van der Waals surface area contributed by atoms with Crippen LogP contribution < -0.4 is 10.1 Å². The first kappa shape index (κ1) is 15.3. The number of hydrogen-bond acceptors (Lipinski definition) is 3. The van der Waals surface area contributed by atoms with Crippen LogP contribution in [-0.2, 0) is 11.2 Å². The molecule has 3 nitrogen and oxygen atoms in total. The lowest BCUT2D eigenvalue weighted by Crippen LogP contribution is -2.44. The normalized spacial score (nSPS) is 22.8. The molecule has 0 amide bonds. The average Bonchev–Trinajstić information content (AvgIpc) is 2.48. The van der Waals surface area contributed by atoms with Gasteiger partial charge in [0.15, 0.2) is 11.6 Å². The lowest BCUT2D eigenvalue weighted by Gasteiger charge is -2.32. The van der Waals surface area contributed by atoms with Crippen LogP contribution in [-0.4, -0.2) is 32.9 Å². The van der Waals surface area contributed by atoms with E-state index < -0.39 is 0 Å². The largest absolute Gasteiger partial charge is 0.494 e. The summed E-state index contributed by atoms with van der Waals surface area (Å²) in [6.07, 6.45) is 2.79. The maximum absolute atomic E-state index is 14.2. The number of rotatable bonds is 6. The fourth-order valence-electron chi connectivity index (χ4n) is 2.75. The molecule has 1 aliphatic rings. The topological polar surface area (TPSA) is 30.5 Å². The van der Waals surface area contributed by atoms with Crippen LogP contribution in [0.15, 0.2) is 18.2 Å². The van der Waals surface area contributed by atoms with E-state index in [2.05, 4.69) is 12.2 Å². The molecule has 1 aliphatic heterocycles. The van der Waals surface area contributed by atoms with Crippen LogP contribution in [0.3, 0.4) is 0 Å². The molecule has 1 heterocycles. The molecule has 0 spiro atoms. The monoisotopic (exact) mass is 281 g/mol. The van der Waals surface area contributed by atoms with Gasteiger partial charge in [-0.15, -0.1) is 0 Å². The highest BCUT2D eigenvalue weighted by Crippen LogP contribution is 2.25. The third-order valence-corrected chi connectivity index (χ3v) is 3.88. The van der Waals surface area contributed by atoms with Gasteiger partial charge in [-0.05, 0) is 37.4 Å². The van der Waals surface area contributed by atoms with Gasteiger partial charge in [0.2, 0.25) is 0 Å². The Morgan fingerprint density at radius 3 is 3.05 bits per heavy atom. The van der Waals surface area contributed by atoms with Gasteiger partial charge in [0.05, 0.1) is 13.7 Å². The highest BCUT2D eigenvalue weighted by molar-refractivity contribution is 5.31. The summed E-state index contributed by atoms with van der Waals surface area (Å²) in [5.74, 6) is 0.393. The Hall–Kier alpha value is -1.13. The lowest BCUT2D eigenvalue weighted by molar-refractivity contribution is 0.0319. The molecule has 0 saturated carbocycles. The second-order valence-electron chi connectivity index (χ2n) is 5.32. The Labute approximate surface area is 120 Å². The summed E-state index contributed by atoms with van der Waals surface area (Å²) in [5.41, 5.74) is 0.711. The Morgan fingerprint density at radius 2 is 2.30 bits per heavy atom. The van der Waals surface area contributed by atoms with E-state index in [0.29, 0.717) is 36.3 Å². The van der Waals surface area contributed by atoms with Gasteiger partial charge in [-0.3, -0.25) is 0 Å². The lowest BCUT2D eigenvalue weighted by atomic mass is 9.89. The fourth-order valence-corrected chi connectivity index (χ4v) is 2.75. The summed E-state index contributed by atoms with van der Waals surface area (Å²) in [5, 5.41) is 3.56. The highest BCUT2D eigenvalue weighted by Gasteiger charge is 2.26. The quantitative estimate of drug-likeness (QED) is 0.869. The third-order valence-electron chi connectivity index (χ3n) is 3.88. The zero-order valence-electron chi connectivity index (χ0n) is 12.3. The molecule has 0 aromatic heterocycles. The van der Waals surface area contributed by atoms with Crippen molar-refractivity contribution in [3.05, 3.63) is 29.6 Å². The van der Waals surface area contributed by atoms with Gasteiger partial charge in [0, 0.05) is 18.6 Å². The van der Waals surface area contributed by atoms with Gasteiger partial charge < -0.3 is 14.8 Å². The summed E-state index contributed by atoms with van der Waals surface area (Å²) in [6, 6.07) is 5.75. The van der Waals surface area contributed by atoms with Gasteiger partial charge in [0.1, 0.15) is 0 Å². The molecule has 112 valence electrons. The second kappa shape index (κ2) is 7.60. The van der Waals surface area contributed by atoms with E-state index in [1.165, 1.54) is 7.11 Å². The fraction of sp³-hybridized carbons (Fsp3) is 0.625. The van der Waals surface area contributed by atoms with Gasteiger partial charge in [-0.1, -0.05) is 19.1 Å². The van der Waals surface area contributed by atoms with Crippen LogP contribution in [0.1, 0.15) is 25.3 Å². The Balaban J connectivity index is 2.06. The zero-order valence-corrected chi connectivity index (χ0v) is 12.3. The summed E-state index contributed by atoms with van der Waals surface area (Å²) < 4.78 is 24.8. The summed E-state index contributed by atoms with van der Waals surface area (Å²) in [4.78, 5) is 0. The molecule has 1 aromatic rings. The number of nitrogens with one attached hydrogen (secondary N) is 1. The Kier molecular flexibility index (Phi) is 5.80. The number of hydrogen-bond donors (Lipinski definition) is 1. The van der Waals surface area contributed by atoms with Crippen LogP contribution in [0, 0.1) is 11.7 Å². The minimum Gasteiger partial charge on any atom is -0.494 e.